The summed E-state index contributed by atoms with van der Waals surface area (Å²) in [6.07, 6.45) is 7.83. The number of aromatic nitrogens is 1. The number of nitrogens with zero attached hydrogens (tertiary/aromatic N) is 1. The predicted octanol–water partition coefficient (Wildman–Crippen LogP) is 5.30. The van der Waals surface area contributed by atoms with Crippen molar-refractivity contribution in [3.05, 3.63) is 48.2 Å². The number of Topliss-reactive ketones (excluding diaryl/α,β-unsaturated/α-hetero) is 1. The van der Waals surface area contributed by atoms with Gasteiger partial charge in [0.15, 0.2) is 5.78 Å². The van der Waals surface area contributed by atoms with Crippen LogP contribution < -0.4 is 4.74 Å². The fraction of sp³-hybridized carbons (Fsp3) is 0.400. The molecule has 0 amide bonds. The molecule has 2 rings (SSSR count). The Bertz CT molecular complexity index is 603. The zero-order valence-corrected chi connectivity index (χ0v) is 14.0. The molecule has 0 N–H and O–H groups in total. The maximum absolute atomic E-state index is 11.3. The number of ether oxygens (including phenoxy) is 1. The Kier molecular flexibility index (Phi) is 6.79. The molecule has 0 fully saturated rings. The number of carbonyl (C=O) groups excluding carboxylic acids is 1. The lowest BCUT2D eigenvalue weighted by Gasteiger charge is -2.07. The Morgan fingerprint density at radius 1 is 1.00 bits per heavy atom. The summed E-state index contributed by atoms with van der Waals surface area (Å²) in [6.45, 7) is 4.54. The molecule has 0 bridgehead atoms. The van der Waals surface area contributed by atoms with Gasteiger partial charge in [0.2, 0.25) is 0 Å². The molecule has 122 valence electrons. The molecule has 1 aromatic heterocycles. The van der Waals surface area contributed by atoms with Crippen molar-refractivity contribution in [2.45, 2.75) is 46.0 Å². The normalized spacial score (nSPS) is 10.5. The highest BCUT2D eigenvalue weighted by Crippen LogP contribution is 2.21. The SMILES string of the molecule is CCCCCCCOc1ccc(-c2ccc(C(C)=O)cn2)cc1. The summed E-state index contributed by atoms with van der Waals surface area (Å²) >= 11 is 0. The van der Waals surface area contributed by atoms with Crippen LogP contribution in [0.1, 0.15) is 56.3 Å². The van der Waals surface area contributed by atoms with Crippen LogP contribution in [0.5, 0.6) is 5.75 Å². The predicted molar refractivity (Wildman–Crippen MR) is 93.9 cm³/mol. The van der Waals surface area contributed by atoms with E-state index >= 15 is 0 Å². The van der Waals surface area contributed by atoms with Crippen LogP contribution in [0, 0.1) is 0 Å². The Morgan fingerprint density at radius 3 is 2.35 bits per heavy atom. The summed E-state index contributed by atoms with van der Waals surface area (Å²) in [5.41, 5.74) is 2.52. The van der Waals surface area contributed by atoms with Gasteiger partial charge in [-0.1, -0.05) is 32.6 Å². The lowest BCUT2D eigenvalue weighted by atomic mass is 10.1. The van der Waals surface area contributed by atoms with Crippen LogP contribution in [0.15, 0.2) is 42.6 Å². The van der Waals surface area contributed by atoms with Gasteiger partial charge in [0.05, 0.1) is 12.3 Å². The van der Waals surface area contributed by atoms with Crippen molar-refractivity contribution in [2.75, 3.05) is 6.61 Å². The van der Waals surface area contributed by atoms with E-state index in [4.69, 9.17) is 4.74 Å². The summed E-state index contributed by atoms with van der Waals surface area (Å²) in [5.74, 6) is 0.927. The van der Waals surface area contributed by atoms with E-state index in [9.17, 15) is 4.79 Å². The van der Waals surface area contributed by atoms with Gasteiger partial charge in [-0.05, 0) is 49.7 Å². The number of pyridine rings is 1. The van der Waals surface area contributed by atoms with Gasteiger partial charge in [0, 0.05) is 17.3 Å². The number of hydrogen-bond acceptors (Lipinski definition) is 3. The zero-order chi connectivity index (χ0) is 16.5. The van der Waals surface area contributed by atoms with Gasteiger partial charge < -0.3 is 4.74 Å². The van der Waals surface area contributed by atoms with E-state index in [-0.39, 0.29) is 5.78 Å². The Hall–Kier alpha value is -2.16. The lowest BCUT2D eigenvalue weighted by Crippen LogP contribution is -1.97. The zero-order valence-electron chi connectivity index (χ0n) is 14.0. The highest BCUT2D eigenvalue weighted by molar-refractivity contribution is 5.93. The van der Waals surface area contributed by atoms with Gasteiger partial charge in [0.25, 0.3) is 0 Å². The van der Waals surface area contributed by atoms with Gasteiger partial charge >= 0.3 is 0 Å². The van der Waals surface area contributed by atoms with Gasteiger partial charge in [-0.2, -0.15) is 0 Å². The quantitative estimate of drug-likeness (QED) is 0.466. The molecule has 0 aliphatic carbocycles. The average Bonchev–Trinajstić information content (AvgIpc) is 2.58. The maximum Gasteiger partial charge on any atom is 0.161 e. The van der Waals surface area contributed by atoms with Crippen LogP contribution in [0.2, 0.25) is 0 Å². The van der Waals surface area contributed by atoms with Crippen molar-refractivity contribution in [1.29, 1.82) is 0 Å². The topological polar surface area (TPSA) is 39.2 Å². The van der Waals surface area contributed by atoms with Crippen LogP contribution in [0.3, 0.4) is 0 Å². The highest BCUT2D eigenvalue weighted by Gasteiger charge is 2.03. The molecular formula is C20H25NO2. The van der Waals surface area contributed by atoms with Crippen molar-refractivity contribution in [3.63, 3.8) is 0 Å². The number of carbonyl (C=O) groups is 1. The van der Waals surface area contributed by atoms with Gasteiger partial charge in [-0.3, -0.25) is 9.78 Å². The molecule has 0 aliphatic heterocycles. The van der Waals surface area contributed by atoms with Gasteiger partial charge in [0.1, 0.15) is 5.75 Å². The van der Waals surface area contributed by atoms with Crippen LogP contribution in [0.4, 0.5) is 0 Å². The first-order chi connectivity index (χ1) is 11.2. The molecule has 23 heavy (non-hydrogen) atoms. The minimum absolute atomic E-state index is 0.0340. The van der Waals surface area contributed by atoms with Crippen molar-refractivity contribution < 1.29 is 9.53 Å². The molecule has 0 saturated heterocycles. The molecule has 0 spiro atoms. The van der Waals surface area contributed by atoms with Crippen molar-refractivity contribution in [1.82, 2.24) is 4.98 Å². The first-order valence-corrected chi connectivity index (χ1v) is 8.41. The molecule has 0 aliphatic rings. The molecule has 3 nitrogen and oxygen atoms in total. The number of benzene rings is 1. The van der Waals surface area contributed by atoms with E-state index in [0.29, 0.717) is 5.56 Å². The van der Waals surface area contributed by atoms with E-state index in [2.05, 4.69) is 11.9 Å². The lowest BCUT2D eigenvalue weighted by molar-refractivity contribution is 0.101. The molecule has 0 radical (unpaired) electrons. The van der Waals surface area contributed by atoms with E-state index in [1.165, 1.54) is 25.7 Å². The molecule has 0 unspecified atom stereocenters. The minimum atomic E-state index is 0.0340. The Labute approximate surface area is 138 Å². The Morgan fingerprint density at radius 2 is 1.74 bits per heavy atom. The average molecular weight is 311 g/mol. The summed E-state index contributed by atoms with van der Waals surface area (Å²) in [7, 11) is 0. The van der Waals surface area contributed by atoms with Crippen LogP contribution in [-0.2, 0) is 0 Å². The van der Waals surface area contributed by atoms with Crippen molar-refractivity contribution >= 4 is 5.78 Å². The third-order valence-corrected chi connectivity index (χ3v) is 3.84. The Balaban J connectivity index is 1.85. The fourth-order valence-corrected chi connectivity index (χ4v) is 2.39. The van der Waals surface area contributed by atoms with Crippen LogP contribution >= 0.6 is 0 Å². The highest BCUT2D eigenvalue weighted by atomic mass is 16.5. The third-order valence-electron chi connectivity index (χ3n) is 3.84. The summed E-state index contributed by atoms with van der Waals surface area (Å²) < 4.78 is 5.76. The first-order valence-electron chi connectivity index (χ1n) is 8.41. The van der Waals surface area contributed by atoms with E-state index in [0.717, 1.165) is 30.0 Å². The largest absolute Gasteiger partial charge is 0.494 e. The standard InChI is InChI=1S/C20H25NO2/c1-3-4-5-6-7-14-23-19-11-8-17(9-12-19)20-13-10-18(15-21-20)16(2)22/h8-13,15H,3-7,14H2,1-2H3. The first kappa shape index (κ1) is 17.2. The third kappa shape index (κ3) is 5.51. The van der Waals surface area contributed by atoms with Crippen LogP contribution in [-0.4, -0.2) is 17.4 Å². The molecular weight excluding hydrogens is 286 g/mol. The molecule has 3 heteroatoms. The van der Waals surface area contributed by atoms with Crippen LogP contribution in [0.25, 0.3) is 11.3 Å². The number of rotatable bonds is 9. The fourth-order valence-electron chi connectivity index (χ4n) is 2.39. The van der Waals surface area contributed by atoms with Crippen molar-refractivity contribution in [3.8, 4) is 17.0 Å². The monoisotopic (exact) mass is 311 g/mol. The van der Waals surface area contributed by atoms with E-state index in [1.54, 1.807) is 13.1 Å². The molecule has 1 heterocycles. The summed E-state index contributed by atoms with van der Waals surface area (Å²) in [4.78, 5) is 15.6. The van der Waals surface area contributed by atoms with E-state index in [1.807, 2.05) is 36.4 Å². The summed E-state index contributed by atoms with van der Waals surface area (Å²) in [6, 6.07) is 11.6. The second kappa shape index (κ2) is 9.09. The number of ketones is 1. The maximum atomic E-state index is 11.3. The van der Waals surface area contributed by atoms with Crippen molar-refractivity contribution in [2.24, 2.45) is 0 Å². The summed E-state index contributed by atoms with van der Waals surface area (Å²) in [5, 5.41) is 0. The second-order valence-electron chi connectivity index (χ2n) is 5.78. The minimum Gasteiger partial charge on any atom is -0.494 e. The van der Waals surface area contributed by atoms with E-state index < -0.39 is 0 Å². The molecule has 1 aromatic carbocycles. The molecule has 0 atom stereocenters. The molecule has 2 aromatic rings. The smallest absolute Gasteiger partial charge is 0.161 e. The number of hydrogen-bond donors (Lipinski definition) is 0. The second-order valence-corrected chi connectivity index (χ2v) is 5.78. The van der Waals surface area contributed by atoms with Gasteiger partial charge in [-0.25, -0.2) is 0 Å². The number of unbranched alkanes of at least 4 members (excludes halogenated alkanes) is 4. The van der Waals surface area contributed by atoms with Gasteiger partial charge in [-0.15, -0.1) is 0 Å². The molecule has 0 saturated carbocycles.